The molecule has 7 nitrogen and oxygen atoms in total. The SMILES string of the molecule is CCCS(=O)(=O)NC(C)C(=O)N(C)CC(=O)OC. The van der Waals surface area contributed by atoms with Crippen LogP contribution < -0.4 is 4.72 Å². The highest BCUT2D eigenvalue weighted by molar-refractivity contribution is 7.89. The van der Waals surface area contributed by atoms with E-state index in [1.165, 1.54) is 21.1 Å². The number of nitrogens with zero attached hydrogens (tertiary/aromatic N) is 1. The molecular weight excluding hydrogens is 260 g/mol. The molecule has 0 spiro atoms. The Morgan fingerprint density at radius 1 is 1.39 bits per heavy atom. The van der Waals surface area contributed by atoms with Gasteiger partial charge in [-0.15, -0.1) is 0 Å². The lowest BCUT2D eigenvalue weighted by Crippen LogP contribution is -2.47. The van der Waals surface area contributed by atoms with Crippen LogP contribution in [0.1, 0.15) is 20.3 Å². The lowest BCUT2D eigenvalue weighted by molar-refractivity contribution is -0.146. The van der Waals surface area contributed by atoms with Gasteiger partial charge in [0.15, 0.2) is 0 Å². The average molecular weight is 280 g/mol. The zero-order chi connectivity index (χ0) is 14.3. The molecule has 0 aromatic carbocycles. The third-order valence-electron chi connectivity index (χ3n) is 2.17. The van der Waals surface area contributed by atoms with Crippen molar-refractivity contribution in [3.8, 4) is 0 Å². The Balaban J connectivity index is 4.47. The van der Waals surface area contributed by atoms with E-state index < -0.39 is 27.9 Å². The Bertz CT molecular complexity index is 393. The molecule has 0 heterocycles. The molecule has 8 heteroatoms. The largest absolute Gasteiger partial charge is 0.468 e. The first-order chi connectivity index (χ1) is 8.23. The lowest BCUT2D eigenvalue weighted by atomic mass is 10.3. The molecule has 0 aliphatic heterocycles. The third kappa shape index (κ3) is 5.97. The van der Waals surface area contributed by atoms with E-state index >= 15 is 0 Å². The van der Waals surface area contributed by atoms with Crippen LogP contribution in [0.5, 0.6) is 0 Å². The van der Waals surface area contributed by atoms with Gasteiger partial charge in [0.25, 0.3) is 0 Å². The van der Waals surface area contributed by atoms with Gasteiger partial charge in [0.05, 0.1) is 18.9 Å². The van der Waals surface area contributed by atoms with E-state index in [1.807, 2.05) is 0 Å². The van der Waals surface area contributed by atoms with Gasteiger partial charge in [0.2, 0.25) is 15.9 Å². The van der Waals surface area contributed by atoms with Crippen molar-refractivity contribution >= 4 is 21.9 Å². The van der Waals surface area contributed by atoms with Gasteiger partial charge in [-0.05, 0) is 13.3 Å². The number of amides is 1. The molecule has 0 bridgehead atoms. The number of esters is 1. The van der Waals surface area contributed by atoms with Crippen molar-refractivity contribution in [3.63, 3.8) is 0 Å². The van der Waals surface area contributed by atoms with E-state index in [0.29, 0.717) is 6.42 Å². The van der Waals surface area contributed by atoms with E-state index in [1.54, 1.807) is 6.92 Å². The molecule has 1 amide bonds. The van der Waals surface area contributed by atoms with Crippen molar-refractivity contribution in [1.82, 2.24) is 9.62 Å². The second-order valence-electron chi connectivity index (χ2n) is 3.93. The number of likely N-dealkylation sites (N-methyl/N-ethyl adjacent to an activating group) is 1. The maximum atomic E-state index is 11.8. The number of hydrogen-bond acceptors (Lipinski definition) is 5. The van der Waals surface area contributed by atoms with Crippen molar-refractivity contribution in [3.05, 3.63) is 0 Å². The number of carbonyl (C=O) groups is 2. The number of sulfonamides is 1. The monoisotopic (exact) mass is 280 g/mol. The topological polar surface area (TPSA) is 92.8 Å². The van der Waals surface area contributed by atoms with Crippen LogP contribution in [0, 0.1) is 0 Å². The van der Waals surface area contributed by atoms with Crippen LogP contribution in [0.25, 0.3) is 0 Å². The van der Waals surface area contributed by atoms with Crippen LogP contribution in [0.15, 0.2) is 0 Å². The Labute approximate surface area is 108 Å². The van der Waals surface area contributed by atoms with Crippen LogP contribution in [0.2, 0.25) is 0 Å². The molecule has 0 saturated heterocycles. The summed E-state index contributed by atoms with van der Waals surface area (Å²) in [4.78, 5) is 23.9. The predicted octanol–water partition coefficient (Wildman–Crippen LogP) is -0.664. The summed E-state index contributed by atoms with van der Waals surface area (Å²) in [5.41, 5.74) is 0. The fraction of sp³-hybridized carbons (Fsp3) is 0.800. The molecule has 0 rings (SSSR count). The van der Waals surface area contributed by atoms with Gasteiger partial charge in [0.1, 0.15) is 6.54 Å². The number of carbonyl (C=O) groups excluding carboxylic acids is 2. The van der Waals surface area contributed by atoms with E-state index in [9.17, 15) is 18.0 Å². The first kappa shape index (κ1) is 16.9. The maximum absolute atomic E-state index is 11.8. The Morgan fingerprint density at radius 3 is 2.39 bits per heavy atom. The van der Waals surface area contributed by atoms with Crippen molar-refractivity contribution in [1.29, 1.82) is 0 Å². The Kier molecular flexibility index (Phi) is 6.85. The van der Waals surface area contributed by atoms with Crippen molar-refractivity contribution in [2.24, 2.45) is 0 Å². The highest BCUT2D eigenvalue weighted by atomic mass is 32.2. The summed E-state index contributed by atoms with van der Waals surface area (Å²) in [7, 11) is -0.834. The number of methoxy groups -OCH3 is 1. The van der Waals surface area contributed by atoms with Crippen molar-refractivity contribution in [2.45, 2.75) is 26.3 Å². The molecule has 1 N–H and O–H groups in total. The molecule has 0 saturated carbocycles. The molecule has 0 fully saturated rings. The Morgan fingerprint density at radius 2 is 1.94 bits per heavy atom. The molecule has 0 radical (unpaired) electrons. The molecule has 106 valence electrons. The molecule has 1 unspecified atom stereocenters. The second kappa shape index (κ2) is 7.32. The van der Waals surface area contributed by atoms with Gasteiger partial charge in [-0.3, -0.25) is 9.59 Å². The van der Waals surface area contributed by atoms with Crippen LogP contribution >= 0.6 is 0 Å². The quantitative estimate of drug-likeness (QED) is 0.625. The van der Waals surface area contributed by atoms with E-state index in [-0.39, 0.29) is 12.3 Å². The Hall–Kier alpha value is -1.15. The summed E-state index contributed by atoms with van der Waals surface area (Å²) >= 11 is 0. The highest BCUT2D eigenvalue weighted by Gasteiger charge is 2.23. The second-order valence-corrected chi connectivity index (χ2v) is 5.80. The summed E-state index contributed by atoms with van der Waals surface area (Å²) < 4.78 is 29.6. The van der Waals surface area contributed by atoms with Gasteiger partial charge < -0.3 is 9.64 Å². The molecular formula is C10H20N2O5S. The summed E-state index contributed by atoms with van der Waals surface area (Å²) in [6.45, 7) is 2.95. The van der Waals surface area contributed by atoms with E-state index in [2.05, 4.69) is 9.46 Å². The van der Waals surface area contributed by atoms with E-state index in [0.717, 1.165) is 4.90 Å². The van der Waals surface area contributed by atoms with Crippen LogP contribution in [-0.4, -0.2) is 57.7 Å². The summed E-state index contributed by atoms with van der Waals surface area (Å²) in [6.07, 6.45) is 0.467. The van der Waals surface area contributed by atoms with E-state index in [4.69, 9.17) is 0 Å². The maximum Gasteiger partial charge on any atom is 0.325 e. The fourth-order valence-electron chi connectivity index (χ4n) is 1.31. The molecule has 0 aromatic heterocycles. The van der Waals surface area contributed by atoms with Gasteiger partial charge in [-0.2, -0.15) is 0 Å². The van der Waals surface area contributed by atoms with Crippen LogP contribution in [0.3, 0.4) is 0 Å². The third-order valence-corrected chi connectivity index (χ3v) is 3.83. The fourth-order valence-corrected chi connectivity index (χ4v) is 2.61. The first-order valence-electron chi connectivity index (χ1n) is 5.55. The number of ether oxygens (including phenoxy) is 1. The summed E-state index contributed by atoms with van der Waals surface area (Å²) in [5.74, 6) is -1.08. The summed E-state index contributed by atoms with van der Waals surface area (Å²) in [5, 5.41) is 0. The first-order valence-corrected chi connectivity index (χ1v) is 7.20. The van der Waals surface area contributed by atoms with Crippen LogP contribution in [0.4, 0.5) is 0 Å². The minimum atomic E-state index is -3.46. The number of rotatable bonds is 7. The normalized spacial score (nSPS) is 12.9. The molecule has 0 aliphatic carbocycles. The van der Waals surface area contributed by atoms with Gasteiger partial charge in [-0.1, -0.05) is 6.92 Å². The highest BCUT2D eigenvalue weighted by Crippen LogP contribution is 1.97. The average Bonchev–Trinajstić information content (AvgIpc) is 2.26. The zero-order valence-corrected chi connectivity index (χ0v) is 11.9. The minimum absolute atomic E-state index is 0.0364. The van der Waals surface area contributed by atoms with Gasteiger partial charge in [-0.25, -0.2) is 13.1 Å². The molecule has 18 heavy (non-hydrogen) atoms. The van der Waals surface area contributed by atoms with Crippen LogP contribution in [-0.2, 0) is 24.3 Å². The standard InChI is InChI=1S/C10H20N2O5S/c1-5-6-18(15,16)11-8(2)10(14)12(3)7-9(13)17-4/h8,11H,5-7H2,1-4H3. The van der Waals surface area contributed by atoms with Crippen molar-refractivity contribution < 1.29 is 22.7 Å². The molecule has 1 atom stereocenters. The lowest BCUT2D eigenvalue weighted by Gasteiger charge is -2.20. The van der Waals surface area contributed by atoms with Crippen molar-refractivity contribution in [2.75, 3.05) is 26.5 Å². The minimum Gasteiger partial charge on any atom is -0.468 e. The van der Waals surface area contributed by atoms with Gasteiger partial charge >= 0.3 is 5.97 Å². The predicted molar refractivity (Wildman–Crippen MR) is 66.3 cm³/mol. The molecule has 0 aromatic rings. The number of nitrogens with one attached hydrogen (secondary N) is 1. The smallest absolute Gasteiger partial charge is 0.325 e. The zero-order valence-electron chi connectivity index (χ0n) is 11.1. The summed E-state index contributed by atoms with van der Waals surface area (Å²) in [6, 6.07) is -0.906. The number of hydrogen-bond donors (Lipinski definition) is 1. The molecule has 0 aliphatic rings. The van der Waals surface area contributed by atoms with Gasteiger partial charge in [0, 0.05) is 7.05 Å².